The Bertz CT molecular complexity index is 1820. The molecule has 0 saturated heterocycles. The Balaban J connectivity index is 1.19. The highest BCUT2D eigenvalue weighted by molar-refractivity contribution is 7.14. The van der Waals surface area contributed by atoms with Crippen molar-refractivity contribution in [3.8, 4) is 22.8 Å². The van der Waals surface area contributed by atoms with Crippen molar-refractivity contribution in [3.05, 3.63) is 123 Å². The van der Waals surface area contributed by atoms with Crippen LogP contribution in [0, 0.1) is 6.92 Å². The second-order valence-electron chi connectivity index (χ2n) is 9.86. The lowest BCUT2D eigenvalue weighted by Crippen LogP contribution is -2.17. The monoisotopic (exact) mass is 640 g/mol. The molecule has 5 rings (SSSR count). The molecule has 0 aliphatic heterocycles. The molecule has 9 nitrogen and oxygen atoms in total. The van der Waals surface area contributed by atoms with Crippen LogP contribution in [0.1, 0.15) is 44.3 Å². The number of amides is 1. The minimum absolute atomic E-state index is 0.163. The van der Waals surface area contributed by atoms with Gasteiger partial charge in [0.15, 0.2) is 16.6 Å². The SMILES string of the molecule is CCOc1cc(/C=N\NC(=O)c2ccc(-c3csc(Nc4ccc(C)cc4)n3)cc2)cc(Cl)c1OCc1ccc(C(=O)O)cc1. The third-order valence-electron chi connectivity index (χ3n) is 6.55. The molecule has 0 fully saturated rings. The fourth-order valence-corrected chi connectivity index (χ4v) is 5.22. The Morgan fingerprint density at radius 2 is 1.69 bits per heavy atom. The zero-order chi connectivity index (χ0) is 31.8. The highest BCUT2D eigenvalue weighted by Crippen LogP contribution is 2.37. The highest BCUT2D eigenvalue weighted by atomic mass is 35.5. The highest BCUT2D eigenvalue weighted by Gasteiger charge is 2.14. The van der Waals surface area contributed by atoms with Crippen molar-refractivity contribution in [2.45, 2.75) is 20.5 Å². The van der Waals surface area contributed by atoms with E-state index in [1.165, 1.54) is 35.2 Å². The first-order valence-electron chi connectivity index (χ1n) is 13.9. The van der Waals surface area contributed by atoms with Gasteiger partial charge in [0.05, 0.1) is 29.1 Å². The van der Waals surface area contributed by atoms with E-state index in [4.69, 9.17) is 26.2 Å². The fourth-order valence-electron chi connectivity index (χ4n) is 4.21. The number of ether oxygens (including phenoxy) is 2. The minimum Gasteiger partial charge on any atom is -0.490 e. The molecule has 0 unspecified atom stereocenters. The van der Waals surface area contributed by atoms with Gasteiger partial charge in [-0.25, -0.2) is 15.2 Å². The summed E-state index contributed by atoms with van der Waals surface area (Å²) >= 11 is 8.02. The van der Waals surface area contributed by atoms with Gasteiger partial charge in [-0.15, -0.1) is 11.3 Å². The minimum atomic E-state index is -0.997. The predicted molar refractivity (Wildman–Crippen MR) is 177 cm³/mol. The van der Waals surface area contributed by atoms with Crippen LogP contribution >= 0.6 is 22.9 Å². The largest absolute Gasteiger partial charge is 0.490 e. The van der Waals surface area contributed by atoms with Crippen molar-refractivity contribution >= 4 is 51.8 Å². The van der Waals surface area contributed by atoms with Crippen LogP contribution in [0.3, 0.4) is 0 Å². The predicted octanol–water partition coefficient (Wildman–Crippen LogP) is 7.96. The summed E-state index contributed by atoms with van der Waals surface area (Å²) in [6.07, 6.45) is 1.47. The summed E-state index contributed by atoms with van der Waals surface area (Å²) in [5, 5.41) is 19.5. The molecular weight excluding hydrogens is 612 g/mol. The quantitative estimate of drug-likeness (QED) is 0.0934. The lowest BCUT2D eigenvalue weighted by atomic mass is 10.1. The number of anilines is 2. The van der Waals surface area contributed by atoms with Crippen molar-refractivity contribution in [2.24, 2.45) is 5.10 Å². The molecule has 0 saturated carbocycles. The van der Waals surface area contributed by atoms with Gasteiger partial charge in [-0.1, -0.05) is 53.6 Å². The number of nitrogens with zero attached hydrogens (tertiary/aromatic N) is 2. The second kappa shape index (κ2) is 14.5. The van der Waals surface area contributed by atoms with E-state index in [0.29, 0.717) is 34.3 Å². The lowest BCUT2D eigenvalue weighted by molar-refractivity contribution is 0.0696. The molecule has 4 aromatic carbocycles. The van der Waals surface area contributed by atoms with Gasteiger partial charge in [0.2, 0.25) is 0 Å². The molecule has 228 valence electrons. The smallest absolute Gasteiger partial charge is 0.335 e. The van der Waals surface area contributed by atoms with E-state index in [9.17, 15) is 9.59 Å². The number of carbonyl (C=O) groups is 2. The molecule has 3 N–H and O–H groups in total. The summed E-state index contributed by atoms with van der Waals surface area (Å²) in [7, 11) is 0. The molecule has 5 aromatic rings. The molecule has 0 bridgehead atoms. The first-order valence-corrected chi connectivity index (χ1v) is 15.2. The Morgan fingerprint density at radius 3 is 2.38 bits per heavy atom. The summed E-state index contributed by atoms with van der Waals surface area (Å²) in [6, 6.07) is 25.0. The molecular formula is C34H29ClN4O5S. The van der Waals surface area contributed by atoms with Crippen LogP contribution < -0.4 is 20.2 Å². The zero-order valence-corrected chi connectivity index (χ0v) is 26.0. The Morgan fingerprint density at radius 1 is 0.978 bits per heavy atom. The molecule has 45 heavy (non-hydrogen) atoms. The van der Waals surface area contributed by atoms with Gasteiger partial charge in [-0.2, -0.15) is 5.10 Å². The number of aromatic nitrogens is 1. The summed E-state index contributed by atoms with van der Waals surface area (Å²) in [5.41, 5.74) is 8.39. The Kier molecular flexibility index (Phi) is 10.1. The number of nitrogens with one attached hydrogen (secondary N) is 2. The van der Waals surface area contributed by atoms with Gasteiger partial charge < -0.3 is 19.9 Å². The Hall–Kier alpha value is -5.19. The number of carboxylic acids is 1. The third kappa shape index (κ3) is 8.26. The van der Waals surface area contributed by atoms with Crippen LogP contribution in [0.5, 0.6) is 11.5 Å². The van der Waals surface area contributed by atoms with Crippen molar-refractivity contribution in [1.82, 2.24) is 10.4 Å². The van der Waals surface area contributed by atoms with Crippen molar-refractivity contribution < 1.29 is 24.2 Å². The topological polar surface area (TPSA) is 122 Å². The van der Waals surface area contributed by atoms with E-state index in [2.05, 4.69) is 20.8 Å². The normalized spacial score (nSPS) is 10.9. The fraction of sp³-hybridized carbons (Fsp3) is 0.118. The molecule has 0 aliphatic carbocycles. The number of halogens is 1. The average molecular weight is 641 g/mol. The number of carboxylic acid groups (broad SMARTS) is 1. The van der Waals surface area contributed by atoms with Crippen molar-refractivity contribution in [1.29, 1.82) is 0 Å². The summed E-state index contributed by atoms with van der Waals surface area (Å²) in [6.45, 7) is 4.42. The van der Waals surface area contributed by atoms with Crippen LogP contribution in [-0.4, -0.2) is 34.8 Å². The molecule has 11 heteroatoms. The number of benzene rings is 4. The van der Waals surface area contributed by atoms with E-state index in [-0.39, 0.29) is 18.1 Å². The first kappa shape index (κ1) is 31.2. The second-order valence-corrected chi connectivity index (χ2v) is 11.1. The van der Waals surface area contributed by atoms with Gasteiger partial charge in [-0.3, -0.25) is 4.79 Å². The van der Waals surface area contributed by atoms with E-state index in [0.717, 1.165) is 27.6 Å². The molecule has 0 atom stereocenters. The number of aromatic carboxylic acids is 1. The summed E-state index contributed by atoms with van der Waals surface area (Å²) in [4.78, 5) is 28.5. The lowest BCUT2D eigenvalue weighted by Gasteiger charge is -2.14. The van der Waals surface area contributed by atoms with Crippen molar-refractivity contribution in [3.63, 3.8) is 0 Å². The van der Waals surface area contributed by atoms with Crippen LogP contribution in [0.4, 0.5) is 10.8 Å². The van der Waals surface area contributed by atoms with E-state index < -0.39 is 5.97 Å². The van der Waals surface area contributed by atoms with E-state index >= 15 is 0 Å². The molecule has 0 spiro atoms. The van der Waals surface area contributed by atoms with E-state index in [1.54, 1.807) is 36.4 Å². The summed E-state index contributed by atoms with van der Waals surface area (Å²) < 4.78 is 11.6. The number of rotatable bonds is 12. The molecule has 1 heterocycles. The van der Waals surface area contributed by atoms with Gasteiger partial charge in [0.25, 0.3) is 5.91 Å². The van der Waals surface area contributed by atoms with Crippen LogP contribution in [0.15, 0.2) is 95.4 Å². The standard InChI is InChI=1S/C34H29ClN4O5S/c1-3-43-30-17-23(16-28(35)31(30)44-19-22-6-8-26(9-7-22)33(41)42)18-36-39-32(40)25-12-10-24(11-13-25)29-20-45-34(38-29)37-27-14-4-21(2)5-15-27/h4-18,20H,3,19H2,1-2H3,(H,37,38)(H,39,40)(H,41,42)/b36-18-. The number of hydrazone groups is 1. The van der Waals surface area contributed by atoms with E-state index in [1.807, 2.05) is 55.6 Å². The van der Waals surface area contributed by atoms with Gasteiger partial charge in [-0.05, 0) is 73.5 Å². The maximum atomic E-state index is 12.7. The van der Waals surface area contributed by atoms with Crippen LogP contribution in [0.25, 0.3) is 11.3 Å². The number of thiazole rings is 1. The summed E-state index contributed by atoms with van der Waals surface area (Å²) in [5.74, 6) is -0.610. The molecule has 0 radical (unpaired) electrons. The number of hydrogen-bond donors (Lipinski definition) is 3. The van der Waals surface area contributed by atoms with Crippen LogP contribution in [-0.2, 0) is 6.61 Å². The zero-order valence-electron chi connectivity index (χ0n) is 24.4. The first-order chi connectivity index (χ1) is 21.8. The molecule has 1 aromatic heterocycles. The maximum absolute atomic E-state index is 12.7. The van der Waals surface area contributed by atoms with Gasteiger partial charge in [0, 0.05) is 22.2 Å². The molecule has 1 amide bonds. The third-order valence-corrected chi connectivity index (χ3v) is 7.58. The van der Waals surface area contributed by atoms with Gasteiger partial charge in [0.1, 0.15) is 6.61 Å². The Labute approximate surface area is 269 Å². The molecule has 0 aliphatic rings. The number of aryl methyl sites for hydroxylation is 1. The van der Waals surface area contributed by atoms with Gasteiger partial charge >= 0.3 is 5.97 Å². The maximum Gasteiger partial charge on any atom is 0.335 e. The van der Waals surface area contributed by atoms with Crippen LogP contribution in [0.2, 0.25) is 5.02 Å². The number of hydrogen-bond acceptors (Lipinski definition) is 8. The van der Waals surface area contributed by atoms with Crippen molar-refractivity contribution in [2.75, 3.05) is 11.9 Å². The average Bonchev–Trinajstić information content (AvgIpc) is 3.50. The number of carbonyl (C=O) groups excluding carboxylic acids is 1.